The molecule has 2 heterocycles. The van der Waals surface area contributed by atoms with E-state index in [4.69, 9.17) is 4.74 Å². The van der Waals surface area contributed by atoms with Crippen molar-refractivity contribution in [1.82, 2.24) is 10.3 Å². The second-order valence-electron chi connectivity index (χ2n) is 5.77. The van der Waals surface area contributed by atoms with E-state index < -0.39 is 5.60 Å². The van der Waals surface area contributed by atoms with Crippen LogP contribution in [0.5, 0.6) is 0 Å². The number of carbonyl (C=O) groups is 1. The lowest BCUT2D eigenvalue weighted by molar-refractivity contribution is 0.0509. The predicted molar refractivity (Wildman–Crippen MR) is 74.2 cm³/mol. The van der Waals surface area contributed by atoms with Crippen molar-refractivity contribution in [3.8, 4) is 0 Å². The van der Waals surface area contributed by atoms with Crippen LogP contribution in [0.15, 0.2) is 24.4 Å². The summed E-state index contributed by atoms with van der Waals surface area (Å²) in [5.41, 5.74) is -0.455. The molecule has 0 bridgehead atoms. The van der Waals surface area contributed by atoms with Gasteiger partial charge in [0.25, 0.3) is 0 Å². The highest BCUT2D eigenvalue weighted by Crippen LogP contribution is 2.17. The van der Waals surface area contributed by atoms with E-state index >= 15 is 0 Å². The van der Waals surface area contributed by atoms with Gasteiger partial charge in [0.2, 0.25) is 0 Å². The smallest absolute Gasteiger partial charge is 0.407 e. The Morgan fingerprint density at radius 3 is 2.89 bits per heavy atom. The van der Waals surface area contributed by atoms with Gasteiger partial charge in [-0.3, -0.25) is 0 Å². The molecule has 0 aromatic carbocycles. The van der Waals surface area contributed by atoms with Gasteiger partial charge >= 0.3 is 6.09 Å². The van der Waals surface area contributed by atoms with Gasteiger partial charge in [-0.25, -0.2) is 9.78 Å². The number of aromatic nitrogens is 1. The van der Waals surface area contributed by atoms with E-state index in [2.05, 4.69) is 15.2 Å². The van der Waals surface area contributed by atoms with Crippen LogP contribution in [-0.2, 0) is 4.74 Å². The molecule has 1 saturated heterocycles. The number of anilines is 1. The van der Waals surface area contributed by atoms with Crippen LogP contribution in [-0.4, -0.2) is 35.8 Å². The number of nitrogens with zero attached hydrogens (tertiary/aromatic N) is 2. The first-order chi connectivity index (χ1) is 8.94. The fraction of sp³-hybridized carbons (Fsp3) is 0.571. The Balaban J connectivity index is 1.84. The molecule has 1 aromatic rings. The molecule has 1 fully saturated rings. The average molecular weight is 263 g/mol. The van der Waals surface area contributed by atoms with E-state index in [1.54, 1.807) is 6.20 Å². The second-order valence-corrected chi connectivity index (χ2v) is 5.77. The van der Waals surface area contributed by atoms with Crippen molar-refractivity contribution in [2.45, 2.75) is 38.8 Å². The number of amides is 1. The lowest BCUT2D eigenvalue weighted by atomic mass is 10.2. The summed E-state index contributed by atoms with van der Waals surface area (Å²) in [5.74, 6) is 0.955. The number of pyridine rings is 1. The van der Waals surface area contributed by atoms with Crippen molar-refractivity contribution in [2.24, 2.45) is 0 Å². The quantitative estimate of drug-likeness (QED) is 0.888. The molecule has 1 amide bonds. The minimum absolute atomic E-state index is 0.122. The topological polar surface area (TPSA) is 54.5 Å². The van der Waals surface area contributed by atoms with Crippen LogP contribution in [0, 0.1) is 0 Å². The van der Waals surface area contributed by atoms with Gasteiger partial charge in [-0.05, 0) is 39.3 Å². The summed E-state index contributed by atoms with van der Waals surface area (Å²) in [4.78, 5) is 18.2. The highest BCUT2D eigenvalue weighted by molar-refractivity contribution is 5.68. The molecule has 5 nitrogen and oxygen atoms in total. The maximum Gasteiger partial charge on any atom is 0.407 e. The molecule has 0 unspecified atom stereocenters. The molecular weight excluding hydrogens is 242 g/mol. The Morgan fingerprint density at radius 1 is 1.47 bits per heavy atom. The summed E-state index contributed by atoms with van der Waals surface area (Å²) in [5, 5.41) is 2.90. The number of alkyl carbamates (subject to hydrolysis) is 1. The third-order valence-corrected chi connectivity index (χ3v) is 2.88. The van der Waals surface area contributed by atoms with Crippen molar-refractivity contribution in [1.29, 1.82) is 0 Å². The summed E-state index contributed by atoms with van der Waals surface area (Å²) in [6.07, 6.45) is 2.35. The first kappa shape index (κ1) is 13.6. The maximum atomic E-state index is 11.7. The van der Waals surface area contributed by atoms with Gasteiger partial charge in [0.1, 0.15) is 11.4 Å². The molecule has 1 aliphatic rings. The third kappa shape index (κ3) is 4.12. The van der Waals surface area contributed by atoms with E-state index in [0.717, 1.165) is 25.3 Å². The van der Waals surface area contributed by atoms with Gasteiger partial charge in [0, 0.05) is 19.3 Å². The molecule has 1 aromatic heterocycles. The van der Waals surface area contributed by atoms with E-state index in [-0.39, 0.29) is 12.1 Å². The summed E-state index contributed by atoms with van der Waals surface area (Å²) >= 11 is 0. The van der Waals surface area contributed by atoms with E-state index in [0.29, 0.717) is 0 Å². The van der Waals surface area contributed by atoms with Crippen LogP contribution in [0.3, 0.4) is 0 Å². The molecule has 19 heavy (non-hydrogen) atoms. The number of hydrogen-bond acceptors (Lipinski definition) is 4. The third-order valence-electron chi connectivity index (χ3n) is 2.88. The summed E-state index contributed by atoms with van der Waals surface area (Å²) < 4.78 is 5.26. The molecule has 2 rings (SSSR count). The molecule has 1 atom stereocenters. The van der Waals surface area contributed by atoms with Crippen LogP contribution in [0.4, 0.5) is 10.6 Å². The van der Waals surface area contributed by atoms with Gasteiger partial charge in [0.15, 0.2) is 0 Å². The number of ether oxygens (including phenoxy) is 1. The highest BCUT2D eigenvalue weighted by atomic mass is 16.6. The fourth-order valence-corrected chi connectivity index (χ4v) is 2.10. The van der Waals surface area contributed by atoms with Crippen molar-refractivity contribution >= 4 is 11.9 Å². The zero-order valence-electron chi connectivity index (χ0n) is 11.7. The van der Waals surface area contributed by atoms with E-state index in [1.165, 1.54) is 0 Å². The highest BCUT2D eigenvalue weighted by Gasteiger charge is 2.26. The molecule has 0 radical (unpaired) electrons. The standard InChI is InChI=1S/C14H21N3O2/c1-14(2,3)19-13(18)16-11-7-9-17(10-11)12-6-4-5-8-15-12/h4-6,8,11H,7,9-10H2,1-3H3,(H,16,18)/t11-/m1/s1. The number of hydrogen-bond donors (Lipinski definition) is 1. The molecule has 1 aliphatic heterocycles. The molecule has 0 aliphatic carbocycles. The first-order valence-electron chi connectivity index (χ1n) is 6.59. The predicted octanol–water partition coefficient (Wildman–Crippen LogP) is 2.19. The van der Waals surface area contributed by atoms with Gasteiger partial charge in [0.05, 0.1) is 6.04 Å². The summed E-state index contributed by atoms with van der Waals surface area (Å²) in [6.45, 7) is 7.26. The normalized spacial score (nSPS) is 19.3. The van der Waals surface area contributed by atoms with Gasteiger partial charge in [-0.2, -0.15) is 0 Å². The SMILES string of the molecule is CC(C)(C)OC(=O)N[C@@H]1CCN(c2ccccn2)C1. The van der Waals surface area contributed by atoms with Crippen molar-refractivity contribution < 1.29 is 9.53 Å². The minimum atomic E-state index is -0.455. The maximum absolute atomic E-state index is 11.7. The Labute approximate surface area is 114 Å². The first-order valence-corrected chi connectivity index (χ1v) is 6.59. The second kappa shape index (κ2) is 5.47. The summed E-state index contributed by atoms with van der Waals surface area (Å²) in [6, 6.07) is 5.97. The van der Waals surface area contributed by atoms with E-state index in [9.17, 15) is 4.79 Å². The lowest BCUT2D eigenvalue weighted by Gasteiger charge is -2.22. The Hall–Kier alpha value is -1.78. The summed E-state index contributed by atoms with van der Waals surface area (Å²) in [7, 11) is 0. The monoisotopic (exact) mass is 263 g/mol. The van der Waals surface area contributed by atoms with Crippen molar-refractivity contribution in [3.63, 3.8) is 0 Å². The van der Waals surface area contributed by atoms with Crippen LogP contribution >= 0.6 is 0 Å². The largest absolute Gasteiger partial charge is 0.444 e. The fourth-order valence-electron chi connectivity index (χ4n) is 2.10. The zero-order valence-corrected chi connectivity index (χ0v) is 11.7. The molecular formula is C14H21N3O2. The Bertz CT molecular complexity index is 428. The number of nitrogens with one attached hydrogen (secondary N) is 1. The molecule has 1 N–H and O–H groups in total. The molecule has 104 valence electrons. The Kier molecular flexibility index (Phi) is 3.93. The number of carbonyl (C=O) groups excluding carboxylic acids is 1. The van der Waals surface area contributed by atoms with E-state index in [1.807, 2.05) is 39.0 Å². The average Bonchev–Trinajstić information content (AvgIpc) is 2.76. The van der Waals surface area contributed by atoms with Gasteiger partial charge in [-0.1, -0.05) is 6.07 Å². The van der Waals surface area contributed by atoms with Crippen LogP contribution < -0.4 is 10.2 Å². The zero-order chi connectivity index (χ0) is 13.9. The Morgan fingerprint density at radius 2 is 2.26 bits per heavy atom. The van der Waals surface area contributed by atoms with Crippen LogP contribution in [0.1, 0.15) is 27.2 Å². The van der Waals surface area contributed by atoms with Crippen molar-refractivity contribution in [2.75, 3.05) is 18.0 Å². The van der Waals surface area contributed by atoms with Crippen LogP contribution in [0.25, 0.3) is 0 Å². The molecule has 0 saturated carbocycles. The minimum Gasteiger partial charge on any atom is -0.444 e. The lowest BCUT2D eigenvalue weighted by Crippen LogP contribution is -2.40. The van der Waals surface area contributed by atoms with Gasteiger partial charge in [-0.15, -0.1) is 0 Å². The van der Waals surface area contributed by atoms with Gasteiger partial charge < -0.3 is 15.0 Å². The molecule has 0 spiro atoms. The molecule has 5 heteroatoms. The van der Waals surface area contributed by atoms with Crippen LogP contribution in [0.2, 0.25) is 0 Å². The van der Waals surface area contributed by atoms with Crippen molar-refractivity contribution in [3.05, 3.63) is 24.4 Å². The number of rotatable bonds is 2.